The molecule has 1 aromatic carbocycles. The molecule has 26 heavy (non-hydrogen) atoms. The van der Waals surface area contributed by atoms with Gasteiger partial charge in [-0.05, 0) is 29.5 Å². The minimum Gasteiger partial charge on any atom is -0.481 e. The van der Waals surface area contributed by atoms with Gasteiger partial charge in [-0.1, -0.05) is 76.8 Å². The first-order chi connectivity index (χ1) is 12.2. The van der Waals surface area contributed by atoms with E-state index in [-0.39, 0.29) is 11.3 Å². The smallest absolute Gasteiger partial charge is 0.267 e. The fourth-order valence-electron chi connectivity index (χ4n) is 2.22. The third-order valence-corrected chi connectivity index (χ3v) is 5.56. The van der Waals surface area contributed by atoms with E-state index in [9.17, 15) is 4.79 Å². The van der Waals surface area contributed by atoms with Crippen LogP contribution in [0, 0.1) is 0 Å². The van der Waals surface area contributed by atoms with E-state index in [1.54, 1.807) is 11.8 Å². The first-order valence-electron chi connectivity index (χ1n) is 8.77. The number of hydrogen-bond acceptors (Lipinski definition) is 6. The standard InChI is InChI=1S/C19H27N3O2S2/c1-7-15(24-14-10-8-13(9-11-14)19(4,5)6)16(23)20-17-21-22-18(26-17)25-12(2)3/h8-12,15H,7H2,1-6H3,(H,20,21,23). The molecule has 0 spiro atoms. The van der Waals surface area contributed by atoms with Gasteiger partial charge in [-0.3, -0.25) is 10.1 Å². The molecule has 7 heteroatoms. The van der Waals surface area contributed by atoms with Crippen LogP contribution in [0.4, 0.5) is 5.13 Å². The first kappa shape index (κ1) is 20.7. The number of hydrogen-bond donors (Lipinski definition) is 1. The third kappa shape index (κ3) is 5.99. The average molecular weight is 394 g/mol. The zero-order valence-electron chi connectivity index (χ0n) is 16.2. The maximum absolute atomic E-state index is 12.5. The number of nitrogens with one attached hydrogen (secondary N) is 1. The summed E-state index contributed by atoms with van der Waals surface area (Å²) in [4.78, 5) is 12.5. The second kappa shape index (κ2) is 8.86. The molecule has 1 heterocycles. The summed E-state index contributed by atoms with van der Waals surface area (Å²) >= 11 is 3.01. The average Bonchev–Trinajstić information content (AvgIpc) is 2.98. The molecule has 1 atom stereocenters. The molecule has 2 rings (SSSR count). The zero-order chi connectivity index (χ0) is 19.3. The molecule has 0 aliphatic carbocycles. The van der Waals surface area contributed by atoms with Crippen molar-refractivity contribution in [2.24, 2.45) is 0 Å². The van der Waals surface area contributed by atoms with Crippen molar-refractivity contribution in [2.45, 2.75) is 69.1 Å². The zero-order valence-corrected chi connectivity index (χ0v) is 17.8. The second-order valence-corrected chi connectivity index (χ2v) is 10.1. The Bertz CT molecular complexity index is 721. The lowest BCUT2D eigenvalue weighted by molar-refractivity contribution is -0.122. The molecule has 0 saturated carbocycles. The van der Waals surface area contributed by atoms with Crippen LogP contribution in [0.5, 0.6) is 5.75 Å². The molecule has 2 aromatic rings. The Balaban J connectivity index is 1.99. The molecule has 0 saturated heterocycles. The van der Waals surface area contributed by atoms with E-state index in [1.807, 2.05) is 31.2 Å². The molecule has 0 bridgehead atoms. The van der Waals surface area contributed by atoms with E-state index >= 15 is 0 Å². The lowest BCUT2D eigenvalue weighted by Gasteiger charge is -2.20. The van der Waals surface area contributed by atoms with E-state index in [1.165, 1.54) is 16.9 Å². The van der Waals surface area contributed by atoms with Gasteiger partial charge in [0.25, 0.3) is 5.91 Å². The highest BCUT2D eigenvalue weighted by atomic mass is 32.2. The maximum Gasteiger partial charge on any atom is 0.267 e. The normalized spacial score (nSPS) is 12.9. The summed E-state index contributed by atoms with van der Waals surface area (Å²) in [5, 5.41) is 11.9. The minimum absolute atomic E-state index is 0.0869. The molecule has 0 aliphatic rings. The highest BCUT2D eigenvalue weighted by Crippen LogP contribution is 2.29. The van der Waals surface area contributed by atoms with Gasteiger partial charge in [0.1, 0.15) is 5.75 Å². The van der Waals surface area contributed by atoms with Crippen LogP contribution in [-0.2, 0) is 10.2 Å². The van der Waals surface area contributed by atoms with Crippen LogP contribution in [0.15, 0.2) is 28.6 Å². The van der Waals surface area contributed by atoms with Crippen LogP contribution in [-0.4, -0.2) is 27.5 Å². The molecule has 142 valence electrons. The summed E-state index contributed by atoms with van der Waals surface area (Å²) in [5.41, 5.74) is 1.32. The van der Waals surface area contributed by atoms with Crippen molar-refractivity contribution in [3.05, 3.63) is 29.8 Å². The number of carbonyl (C=O) groups excluding carboxylic acids is 1. The molecular formula is C19H27N3O2S2. The van der Waals surface area contributed by atoms with Crippen LogP contribution in [0.3, 0.4) is 0 Å². The largest absolute Gasteiger partial charge is 0.481 e. The number of nitrogens with zero attached hydrogens (tertiary/aromatic N) is 2. The SMILES string of the molecule is CCC(Oc1ccc(C(C)(C)C)cc1)C(=O)Nc1nnc(SC(C)C)s1. The van der Waals surface area contributed by atoms with E-state index in [4.69, 9.17) is 4.74 Å². The summed E-state index contributed by atoms with van der Waals surface area (Å²) in [5.74, 6) is 0.484. The fourth-order valence-corrected chi connectivity index (χ4v) is 4.19. The monoisotopic (exact) mass is 393 g/mol. The van der Waals surface area contributed by atoms with Crippen LogP contribution < -0.4 is 10.1 Å². The van der Waals surface area contributed by atoms with E-state index in [2.05, 4.69) is 50.1 Å². The Hall–Kier alpha value is -1.60. The number of thioether (sulfide) groups is 1. The van der Waals surface area contributed by atoms with E-state index in [0.29, 0.717) is 22.6 Å². The van der Waals surface area contributed by atoms with Gasteiger partial charge in [-0.2, -0.15) is 0 Å². The van der Waals surface area contributed by atoms with E-state index < -0.39 is 6.10 Å². The number of benzene rings is 1. The fraction of sp³-hybridized carbons (Fsp3) is 0.526. The number of aromatic nitrogens is 2. The number of rotatable bonds is 7. The van der Waals surface area contributed by atoms with Crippen molar-refractivity contribution in [1.29, 1.82) is 0 Å². The Labute approximate surface area is 163 Å². The number of carbonyl (C=O) groups is 1. The van der Waals surface area contributed by atoms with Crippen LogP contribution in [0.1, 0.15) is 53.5 Å². The van der Waals surface area contributed by atoms with Gasteiger partial charge < -0.3 is 4.74 Å². The summed E-state index contributed by atoms with van der Waals surface area (Å²) < 4.78 is 6.72. The van der Waals surface area contributed by atoms with Crippen molar-refractivity contribution < 1.29 is 9.53 Å². The predicted octanol–water partition coefficient (Wildman–Crippen LogP) is 5.13. The molecule has 1 unspecified atom stereocenters. The summed E-state index contributed by atoms with van der Waals surface area (Å²) in [6.07, 6.45) is -0.000189. The molecule has 1 aromatic heterocycles. The molecule has 1 N–H and O–H groups in total. The van der Waals surface area contributed by atoms with Gasteiger partial charge in [0.15, 0.2) is 10.4 Å². The number of amides is 1. The van der Waals surface area contributed by atoms with Gasteiger partial charge in [0.05, 0.1) is 0 Å². The Morgan fingerprint density at radius 2 is 1.88 bits per heavy atom. The molecule has 5 nitrogen and oxygen atoms in total. The second-order valence-electron chi connectivity index (χ2n) is 7.32. The molecule has 0 radical (unpaired) electrons. The van der Waals surface area contributed by atoms with E-state index in [0.717, 1.165) is 4.34 Å². The summed E-state index contributed by atoms with van der Waals surface area (Å²) in [6, 6.07) is 7.91. The van der Waals surface area contributed by atoms with Gasteiger partial charge in [-0.25, -0.2) is 0 Å². The van der Waals surface area contributed by atoms with Crippen LogP contribution >= 0.6 is 23.1 Å². The third-order valence-electron chi connectivity index (χ3n) is 3.64. The summed E-state index contributed by atoms with van der Waals surface area (Å²) in [7, 11) is 0. The molecule has 0 aliphatic heterocycles. The van der Waals surface area contributed by atoms with Crippen LogP contribution in [0.2, 0.25) is 0 Å². The van der Waals surface area contributed by atoms with Crippen molar-refractivity contribution >= 4 is 34.1 Å². The lowest BCUT2D eigenvalue weighted by Crippen LogP contribution is -2.32. The highest BCUT2D eigenvalue weighted by Gasteiger charge is 2.21. The van der Waals surface area contributed by atoms with Crippen molar-refractivity contribution in [1.82, 2.24) is 10.2 Å². The quantitative estimate of drug-likeness (QED) is 0.522. The molecule has 0 fully saturated rings. The lowest BCUT2D eigenvalue weighted by atomic mass is 9.87. The minimum atomic E-state index is -0.569. The van der Waals surface area contributed by atoms with Crippen LogP contribution in [0.25, 0.3) is 0 Å². The van der Waals surface area contributed by atoms with Crippen molar-refractivity contribution in [3.63, 3.8) is 0 Å². The van der Waals surface area contributed by atoms with Gasteiger partial charge >= 0.3 is 0 Å². The topological polar surface area (TPSA) is 64.1 Å². The Morgan fingerprint density at radius 1 is 1.23 bits per heavy atom. The Morgan fingerprint density at radius 3 is 2.42 bits per heavy atom. The molecule has 1 amide bonds. The maximum atomic E-state index is 12.5. The van der Waals surface area contributed by atoms with Crippen molar-refractivity contribution in [3.8, 4) is 5.75 Å². The number of anilines is 1. The first-order valence-corrected chi connectivity index (χ1v) is 10.5. The van der Waals surface area contributed by atoms with Gasteiger partial charge in [0, 0.05) is 5.25 Å². The summed E-state index contributed by atoms with van der Waals surface area (Å²) in [6.45, 7) is 12.6. The predicted molar refractivity (Wildman–Crippen MR) is 109 cm³/mol. The number of ether oxygens (including phenoxy) is 1. The van der Waals surface area contributed by atoms with Gasteiger partial charge in [-0.15, -0.1) is 10.2 Å². The Kier molecular flexibility index (Phi) is 7.06. The van der Waals surface area contributed by atoms with Crippen molar-refractivity contribution in [2.75, 3.05) is 5.32 Å². The molecular weight excluding hydrogens is 366 g/mol. The highest BCUT2D eigenvalue weighted by molar-refractivity contribution is 8.01. The van der Waals surface area contributed by atoms with Gasteiger partial charge in [0.2, 0.25) is 5.13 Å².